The van der Waals surface area contributed by atoms with E-state index in [1.807, 2.05) is 41.5 Å². The molecule has 0 unspecified atom stereocenters. The van der Waals surface area contributed by atoms with Crippen LogP contribution in [-0.4, -0.2) is 102 Å². The highest BCUT2D eigenvalue weighted by atomic mass is 32.1. The van der Waals surface area contributed by atoms with Gasteiger partial charge in [-0.3, -0.25) is 24.2 Å². The van der Waals surface area contributed by atoms with E-state index in [-0.39, 0.29) is 58.2 Å². The van der Waals surface area contributed by atoms with Gasteiger partial charge in [0.25, 0.3) is 5.91 Å². The van der Waals surface area contributed by atoms with Crippen molar-refractivity contribution in [2.24, 2.45) is 0 Å². The van der Waals surface area contributed by atoms with E-state index in [0.717, 1.165) is 50.4 Å². The third kappa shape index (κ3) is 18.0. The molecule has 3 amide bonds. The minimum Gasteiger partial charge on any atom is -0.444 e. The molecule has 3 rings (SSSR count). The van der Waals surface area contributed by atoms with Crippen LogP contribution in [0.5, 0.6) is 0 Å². The van der Waals surface area contributed by atoms with E-state index in [1.54, 1.807) is 11.9 Å². The Hall–Kier alpha value is -1.70. The van der Waals surface area contributed by atoms with Crippen molar-refractivity contribution in [2.75, 3.05) is 40.5 Å². The molecular formula is C30H61N3O8S2. The maximum absolute atomic E-state index is 12.2. The van der Waals surface area contributed by atoms with E-state index < -0.39 is 23.3 Å². The second-order valence-corrected chi connectivity index (χ2v) is 12.3. The highest BCUT2D eigenvalue weighted by molar-refractivity contribution is 7.59. The number of hydrogen-bond donors (Lipinski definition) is 0. The number of carbonyl (C=O) groups is 4. The van der Waals surface area contributed by atoms with Gasteiger partial charge in [0, 0.05) is 33.4 Å². The Labute approximate surface area is 274 Å². The molecule has 3 aliphatic rings. The van der Waals surface area contributed by atoms with Crippen LogP contribution in [0.25, 0.3) is 0 Å². The van der Waals surface area contributed by atoms with Crippen LogP contribution in [-0.2, 0) is 28.6 Å². The maximum Gasteiger partial charge on any atom is 0.410 e. The largest absolute Gasteiger partial charge is 0.444 e. The van der Waals surface area contributed by atoms with E-state index in [0.29, 0.717) is 19.5 Å². The number of hydroxylamine groups is 2. The Kier molecular flexibility index (Phi) is 23.3. The van der Waals surface area contributed by atoms with Crippen LogP contribution in [0.4, 0.5) is 9.59 Å². The quantitative estimate of drug-likeness (QED) is 0.350. The number of ketones is 1. The number of hydrogen-bond acceptors (Lipinski definition) is 8. The van der Waals surface area contributed by atoms with E-state index in [1.165, 1.54) is 31.8 Å². The molecule has 256 valence electrons. The van der Waals surface area contributed by atoms with E-state index in [2.05, 4.69) is 0 Å². The first-order valence-corrected chi connectivity index (χ1v) is 14.5. The summed E-state index contributed by atoms with van der Waals surface area (Å²) in [4.78, 5) is 55.6. The molecule has 3 aliphatic heterocycles. The van der Waals surface area contributed by atoms with E-state index in [4.69, 9.17) is 19.0 Å². The van der Waals surface area contributed by atoms with Crippen molar-refractivity contribution < 1.29 is 38.2 Å². The molecule has 11 nitrogen and oxygen atoms in total. The van der Waals surface area contributed by atoms with Crippen molar-refractivity contribution in [3.8, 4) is 0 Å². The minimum absolute atomic E-state index is 0. The van der Waals surface area contributed by atoms with Crippen LogP contribution in [0.15, 0.2) is 0 Å². The summed E-state index contributed by atoms with van der Waals surface area (Å²) in [5.74, 6) is -0.168. The van der Waals surface area contributed by atoms with Crippen LogP contribution >= 0.6 is 27.0 Å². The van der Waals surface area contributed by atoms with Crippen LogP contribution in [0.1, 0.15) is 107 Å². The van der Waals surface area contributed by atoms with Gasteiger partial charge >= 0.3 is 12.2 Å². The molecule has 0 aromatic heterocycles. The molecule has 0 aromatic rings. The van der Waals surface area contributed by atoms with Crippen molar-refractivity contribution in [2.45, 2.75) is 131 Å². The molecule has 3 fully saturated rings. The lowest BCUT2D eigenvalue weighted by molar-refractivity contribution is -0.175. The molecule has 2 atom stereocenters. The highest BCUT2D eigenvalue weighted by Gasteiger charge is 2.36. The van der Waals surface area contributed by atoms with Gasteiger partial charge in [-0.05, 0) is 99.8 Å². The summed E-state index contributed by atoms with van der Waals surface area (Å²) < 4.78 is 15.6. The Morgan fingerprint density at radius 1 is 0.721 bits per heavy atom. The topological polar surface area (TPSA) is 115 Å². The number of likely N-dealkylation sites (N-methyl/N-ethyl adjacent to an activating group) is 1. The number of Topliss-reactive ketones (excluding diaryl/α,β-unsaturated/α-hetero) is 1. The number of ether oxygens (including phenoxy) is 3. The lowest BCUT2D eigenvalue weighted by Crippen LogP contribution is -2.53. The molecule has 0 saturated carbocycles. The molecule has 3 heterocycles. The normalized spacial score (nSPS) is 19.7. The number of piperidine rings is 2. The van der Waals surface area contributed by atoms with E-state index in [9.17, 15) is 19.2 Å². The van der Waals surface area contributed by atoms with Gasteiger partial charge in [0.1, 0.15) is 17.2 Å². The summed E-state index contributed by atoms with van der Waals surface area (Å²) in [6, 6.07) is -0.780. The SMILES string of the molecule is C.C1CCOC1.CC(=O)[C@@H]1CCCCN1C(=O)OC(C)(C)C.CON(C)C(=O)[C@@H]1CCCCN1C(=O)OC(C)(C)C.S.S. The first-order valence-electron chi connectivity index (χ1n) is 14.5. The second kappa shape index (κ2) is 21.9. The average molecular weight is 656 g/mol. The van der Waals surface area contributed by atoms with Crippen LogP contribution in [0.2, 0.25) is 0 Å². The van der Waals surface area contributed by atoms with Crippen molar-refractivity contribution in [1.82, 2.24) is 14.9 Å². The van der Waals surface area contributed by atoms with Gasteiger partial charge in [0.15, 0.2) is 5.78 Å². The predicted molar refractivity (Wildman–Crippen MR) is 179 cm³/mol. The number of nitrogens with zero attached hydrogens (tertiary/aromatic N) is 3. The molecule has 0 aliphatic carbocycles. The monoisotopic (exact) mass is 655 g/mol. The van der Waals surface area contributed by atoms with Crippen molar-refractivity contribution in [3.63, 3.8) is 0 Å². The van der Waals surface area contributed by atoms with Gasteiger partial charge in [-0.15, -0.1) is 0 Å². The molecule has 3 saturated heterocycles. The first-order chi connectivity index (χ1) is 18.6. The first kappa shape index (κ1) is 45.7. The Morgan fingerprint density at radius 2 is 1.12 bits per heavy atom. The Morgan fingerprint density at radius 3 is 1.44 bits per heavy atom. The molecule has 0 bridgehead atoms. The van der Waals surface area contributed by atoms with Gasteiger partial charge in [-0.25, -0.2) is 14.7 Å². The van der Waals surface area contributed by atoms with Crippen LogP contribution < -0.4 is 0 Å². The molecule has 13 heteroatoms. The molecule has 0 radical (unpaired) electrons. The lowest BCUT2D eigenvalue weighted by atomic mass is 10.00. The fourth-order valence-electron chi connectivity index (χ4n) is 4.43. The summed E-state index contributed by atoms with van der Waals surface area (Å²) in [5, 5.41) is 1.16. The second-order valence-electron chi connectivity index (χ2n) is 12.3. The number of carbonyl (C=O) groups excluding carboxylic acids is 4. The zero-order chi connectivity index (χ0) is 30.5. The fraction of sp³-hybridized carbons (Fsp3) is 0.867. The smallest absolute Gasteiger partial charge is 0.410 e. The molecule has 0 aromatic carbocycles. The van der Waals surface area contributed by atoms with Crippen LogP contribution in [0.3, 0.4) is 0 Å². The molecule has 0 N–H and O–H groups in total. The summed E-state index contributed by atoms with van der Waals surface area (Å²) in [5.41, 5.74) is -1.06. The fourth-order valence-corrected chi connectivity index (χ4v) is 4.43. The van der Waals surface area contributed by atoms with Gasteiger partial charge < -0.3 is 14.2 Å². The Balaban J connectivity index is -0.000000606. The van der Waals surface area contributed by atoms with E-state index >= 15 is 0 Å². The zero-order valence-corrected chi connectivity index (χ0v) is 29.2. The van der Waals surface area contributed by atoms with Gasteiger partial charge in [-0.2, -0.15) is 27.0 Å². The van der Waals surface area contributed by atoms with Gasteiger partial charge in [0.05, 0.1) is 13.2 Å². The molecule has 43 heavy (non-hydrogen) atoms. The standard InChI is InChI=1S/C13H24N2O4.C12H21NO3.C4H8O.CH4.2H2S/c1-13(2,3)19-12(17)15-9-7-6-8-10(15)11(16)14(4)18-5;1-9(14)10-7-5-6-8-13(10)11(15)16-12(2,3)4;1-2-4-5-3-1;;;/h10H,6-9H2,1-5H3;10H,5-8H2,1-4H3;1-4H2;1H4;2*1H2/t2*10-;;;;/m00..../s1. The van der Waals surface area contributed by atoms with Crippen LogP contribution in [0, 0.1) is 0 Å². The lowest BCUT2D eigenvalue weighted by Gasteiger charge is -2.36. The number of likely N-dealkylation sites (tertiary alicyclic amines) is 2. The summed E-state index contributed by atoms with van der Waals surface area (Å²) >= 11 is 0. The van der Waals surface area contributed by atoms with Crippen molar-refractivity contribution in [3.05, 3.63) is 0 Å². The third-order valence-electron chi connectivity index (χ3n) is 6.43. The third-order valence-corrected chi connectivity index (χ3v) is 6.43. The molecular weight excluding hydrogens is 594 g/mol. The highest BCUT2D eigenvalue weighted by Crippen LogP contribution is 2.22. The van der Waals surface area contributed by atoms with Crippen molar-refractivity contribution in [1.29, 1.82) is 0 Å². The maximum atomic E-state index is 12.2. The number of amides is 3. The summed E-state index contributed by atoms with van der Waals surface area (Å²) in [7, 11) is 2.97. The minimum atomic E-state index is -0.560. The molecule has 0 spiro atoms. The number of rotatable bonds is 3. The predicted octanol–water partition coefficient (Wildman–Crippen LogP) is 5.82. The van der Waals surface area contributed by atoms with Crippen molar-refractivity contribution >= 4 is 50.9 Å². The van der Waals surface area contributed by atoms with Gasteiger partial charge in [0.2, 0.25) is 0 Å². The summed E-state index contributed by atoms with van der Waals surface area (Å²) in [6.45, 7) is 15.6. The van der Waals surface area contributed by atoms with Gasteiger partial charge in [-0.1, -0.05) is 7.43 Å². The average Bonchev–Trinajstić information content (AvgIpc) is 3.46. The summed E-state index contributed by atoms with van der Waals surface area (Å²) in [6.07, 6.45) is 6.92. The Bertz CT molecular complexity index is 822. The zero-order valence-electron chi connectivity index (χ0n) is 27.2.